The Balaban J connectivity index is 1.86. The smallest absolute Gasteiger partial charge is 0.0502 e. The third-order valence-electron chi connectivity index (χ3n) is 4.76. The molecule has 2 rings (SSSR count). The molecule has 1 aliphatic carbocycles. The summed E-state index contributed by atoms with van der Waals surface area (Å²) in [5.41, 5.74) is 0.563. The fraction of sp³-hybridized carbons (Fsp3) is 1.00. The Morgan fingerprint density at radius 2 is 2.00 bits per heavy atom. The fourth-order valence-electron chi connectivity index (χ4n) is 3.78. The Kier molecular flexibility index (Phi) is 5.96. The SMILES string of the molecule is COCC1CCCN(CC2(CBr)CCCCC2)C1. The van der Waals surface area contributed by atoms with E-state index in [9.17, 15) is 0 Å². The van der Waals surface area contributed by atoms with Gasteiger partial charge in [-0.1, -0.05) is 35.2 Å². The van der Waals surface area contributed by atoms with Gasteiger partial charge in [0.05, 0.1) is 6.61 Å². The molecule has 1 saturated carbocycles. The highest BCUT2D eigenvalue weighted by molar-refractivity contribution is 9.09. The zero-order valence-electron chi connectivity index (χ0n) is 11.8. The van der Waals surface area contributed by atoms with E-state index < -0.39 is 0 Å². The average Bonchev–Trinajstić information content (AvgIpc) is 2.41. The van der Waals surface area contributed by atoms with Crippen molar-refractivity contribution in [3.63, 3.8) is 0 Å². The Morgan fingerprint density at radius 1 is 1.22 bits per heavy atom. The van der Waals surface area contributed by atoms with Crippen LogP contribution in [0.15, 0.2) is 0 Å². The van der Waals surface area contributed by atoms with E-state index in [-0.39, 0.29) is 0 Å². The Labute approximate surface area is 121 Å². The van der Waals surface area contributed by atoms with Crippen molar-refractivity contribution < 1.29 is 4.74 Å². The summed E-state index contributed by atoms with van der Waals surface area (Å²) in [7, 11) is 1.83. The first-order valence-electron chi connectivity index (χ1n) is 7.55. The lowest BCUT2D eigenvalue weighted by Gasteiger charge is -2.42. The first-order valence-corrected chi connectivity index (χ1v) is 8.67. The van der Waals surface area contributed by atoms with Gasteiger partial charge in [0.15, 0.2) is 0 Å². The van der Waals surface area contributed by atoms with Gasteiger partial charge < -0.3 is 9.64 Å². The monoisotopic (exact) mass is 317 g/mol. The van der Waals surface area contributed by atoms with Crippen molar-refractivity contribution in [2.24, 2.45) is 11.3 Å². The van der Waals surface area contributed by atoms with Crippen molar-refractivity contribution >= 4 is 15.9 Å². The Hall–Kier alpha value is 0.400. The van der Waals surface area contributed by atoms with E-state index in [2.05, 4.69) is 20.8 Å². The molecule has 106 valence electrons. The van der Waals surface area contributed by atoms with E-state index >= 15 is 0 Å². The maximum Gasteiger partial charge on any atom is 0.0502 e. The molecule has 0 N–H and O–H groups in total. The second-order valence-electron chi connectivity index (χ2n) is 6.39. The summed E-state index contributed by atoms with van der Waals surface area (Å²) in [6.07, 6.45) is 9.86. The van der Waals surface area contributed by atoms with Crippen molar-refractivity contribution in [1.29, 1.82) is 0 Å². The second kappa shape index (κ2) is 7.25. The first-order chi connectivity index (χ1) is 8.78. The maximum atomic E-state index is 5.34. The highest BCUT2D eigenvalue weighted by atomic mass is 79.9. The van der Waals surface area contributed by atoms with Crippen molar-refractivity contribution in [3.8, 4) is 0 Å². The van der Waals surface area contributed by atoms with Gasteiger partial charge in [-0.05, 0) is 43.6 Å². The zero-order chi connectivity index (χ0) is 12.8. The van der Waals surface area contributed by atoms with Crippen molar-refractivity contribution in [2.75, 3.05) is 38.7 Å². The number of ether oxygens (including phenoxy) is 1. The van der Waals surface area contributed by atoms with Crippen LogP contribution in [0.1, 0.15) is 44.9 Å². The molecule has 1 heterocycles. The summed E-state index contributed by atoms with van der Waals surface area (Å²) in [6, 6.07) is 0. The number of nitrogens with zero attached hydrogens (tertiary/aromatic N) is 1. The van der Waals surface area contributed by atoms with E-state index in [1.165, 1.54) is 69.9 Å². The molecular weight excluding hydrogens is 290 g/mol. The van der Waals surface area contributed by atoms with Crippen LogP contribution in [0, 0.1) is 11.3 Å². The third-order valence-corrected chi connectivity index (χ3v) is 5.95. The maximum absolute atomic E-state index is 5.34. The van der Waals surface area contributed by atoms with Gasteiger partial charge in [-0.2, -0.15) is 0 Å². The van der Waals surface area contributed by atoms with Crippen LogP contribution >= 0.6 is 15.9 Å². The fourth-order valence-corrected chi connectivity index (χ4v) is 4.51. The minimum Gasteiger partial charge on any atom is -0.384 e. The van der Waals surface area contributed by atoms with Gasteiger partial charge in [-0.15, -0.1) is 0 Å². The van der Waals surface area contributed by atoms with E-state index in [0.717, 1.165) is 12.5 Å². The van der Waals surface area contributed by atoms with Crippen molar-refractivity contribution in [3.05, 3.63) is 0 Å². The van der Waals surface area contributed by atoms with Crippen LogP contribution in [0.25, 0.3) is 0 Å². The lowest BCUT2D eigenvalue weighted by molar-refractivity contribution is 0.0570. The van der Waals surface area contributed by atoms with Crippen LogP contribution in [-0.4, -0.2) is 43.6 Å². The molecule has 0 spiro atoms. The van der Waals surface area contributed by atoms with Gasteiger partial charge in [-0.25, -0.2) is 0 Å². The van der Waals surface area contributed by atoms with Crippen LogP contribution in [0.4, 0.5) is 0 Å². The van der Waals surface area contributed by atoms with E-state index in [1.807, 2.05) is 7.11 Å². The topological polar surface area (TPSA) is 12.5 Å². The lowest BCUT2D eigenvalue weighted by atomic mass is 9.75. The predicted molar refractivity (Wildman–Crippen MR) is 80.4 cm³/mol. The number of alkyl halides is 1. The van der Waals surface area contributed by atoms with Crippen LogP contribution in [0.3, 0.4) is 0 Å². The molecular formula is C15H28BrNO. The Morgan fingerprint density at radius 3 is 2.67 bits per heavy atom. The summed E-state index contributed by atoms with van der Waals surface area (Å²) in [5, 5.41) is 1.19. The van der Waals surface area contributed by atoms with Gasteiger partial charge in [0, 0.05) is 25.5 Å². The number of methoxy groups -OCH3 is 1. The molecule has 1 aliphatic heterocycles. The van der Waals surface area contributed by atoms with Gasteiger partial charge in [0.2, 0.25) is 0 Å². The summed E-state index contributed by atoms with van der Waals surface area (Å²) in [5.74, 6) is 0.764. The number of hydrogen-bond donors (Lipinski definition) is 0. The van der Waals surface area contributed by atoms with Gasteiger partial charge in [-0.3, -0.25) is 0 Å². The predicted octanol–water partition coefficient (Wildman–Crippen LogP) is 3.69. The molecule has 0 radical (unpaired) electrons. The summed E-state index contributed by atoms with van der Waals surface area (Å²) in [4.78, 5) is 2.71. The first kappa shape index (κ1) is 14.8. The minimum absolute atomic E-state index is 0.563. The number of halogens is 1. The number of piperidine rings is 1. The summed E-state index contributed by atoms with van der Waals surface area (Å²) >= 11 is 3.79. The quantitative estimate of drug-likeness (QED) is 0.717. The summed E-state index contributed by atoms with van der Waals surface area (Å²) < 4.78 is 5.34. The van der Waals surface area contributed by atoms with Gasteiger partial charge in [0.1, 0.15) is 0 Å². The molecule has 3 heteroatoms. The van der Waals surface area contributed by atoms with Crippen LogP contribution in [0.2, 0.25) is 0 Å². The molecule has 1 saturated heterocycles. The molecule has 2 aliphatic rings. The van der Waals surface area contributed by atoms with Crippen molar-refractivity contribution in [1.82, 2.24) is 4.90 Å². The van der Waals surface area contributed by atoms with Crippen LogP contribution in [0.5, 0.6) is 0 Å². The molecule has 2 fully saturated rings. The van der Waals surface area contributed by atoms with Crippen LogP contribution < -0.4 is 0 Å². The van der Waals surface area contributed by atoms with Gasteiger partial charge >= 0.3 is 0 Å². The normalized spacial score (nSPS) is 29.3. The second-order valence-corrected chi connectivity index (χ2v) is 6.95. The average molecular weight is 318 g/mol. The molecule has 0 aromatic carbocycles. The largest absolute Gasteiger partial charge is 0.384 e. The molecule has 0 aromatic rings. The molecule has 1 unspecified atom stereocenters. The van der Waals surface area contributed by atoms with Crippen molar-refractivity contribution in [2.45, 2.75) is 44.9 Å². The highest BCUT2D eigenvalue weighted by Gasteiger charge is 2.34. The minimum atomic E-state index is 0.563. The van der Waals surface area contributed by atoms with E-state index in [0.29, 0.717) is 5.41 Å². The van der Waals surface area contributed by atoms with E-state index in [4.69, 9.17) is 4.74 Å². The molecule has 0 bridgehead atoms. The van der Waals surface area contributed by atoms with E-state index in [1.54, 1.807) is 0 Å². The molecule has 1 atom stereocenters. The standard InChI is InChI=1S/C15H28BrNO/c1-18-11-14-6-5-9-17(10-14)13-15(12-16)7-3-2-4-8-15/h14H,2-13H2,1H3. The number of likely N-dealkylation sites (tertiary alicyclic amines) is 1. The highest BCUT2D eigenvalue weighted by Crippen LogP contribution is 2.39. The van der Waals surface area contributed by atoms with Gasteiger partial charge in [0.25, 0.3) is 0 Å². The Bertz CT molecular complexity index is 239. The molecule has 0 amide bonds. The third kappa shape index (κ3) is 3.94. The lowest BCUT2D eigenvalue weighted by Crippen LogP contribution is -2.45. The number of rotatable bonds is 5. The number of hydrogen-bond acceptors (Lipinski definition) is 2. The molecule has 2 nitrogen and oxygen atoms in total. The molecule has 0 aromatic heterocycles. The molecule has 18 heavy (non-hydrogen) atoms. The summed E-state index contributed by atoms with van der Waals surface area (Å²) in [6.45, 7) is 4.80. The van der Waals surface area contributed by atoms with Crippen LogP contribution in [-0.2, 0) is 4.74 Å². The zero-order valence-corrected chi connectivity index (χ0v) is 13.4.